The Kier molecular flexibility index (Phi) is 3.71. The lowest BCUT2D eigenvalue weighted by Gasteiger charge is -2.04. The van der Waals surface area contributed by atoms with Gasteiger partial charge >= 0.3 is 0 Å². The summed E-state index contributed by atoms with van der Waals surface area (Å²) in [5.74, 6) is 0. The lowest BCUT2D eigenvalue weighted by molar-refractivity contribution is 0.219. The number of aliphatic hydroxyl groups excluding tert-OH is 1. The molecule has 1 aromatic rings. The second kappa shape index (κ2) is 4.83. The van der Waals surface area contributed by atoms with Gasteiger partial charge in [0.05, 0.1) is 6.10 Å². The van der Waals surface area contributed by atoms with Gasteiger partial charge in [0, 0.05) is 0 Å². The van der Waals surface area contributed by atoms with Crippen LogP contribution in [0.5, 0.6) is 0 Å². The Labute approximate surface area is 79.7 Å². The standard InChI is InChI=1S/C12H16O/c1-3-12(13)9-10(2)11-7-5-4-6-8-11/h4-9,12-13H,3H2,1-2H3. The summed E-state index contributed by atoms with van der Waals surface area (Å²) in [5.41, 5.74) is 2.31. The number of benzene rings is 1. The molecule has 0 aliphatic carbocycles. The summed E-state index contributed by atoms with van der Waals surface area (Å²) in [6.45, 7) is 3.99. The van der Waals surface area contributed by atoms with Crippen molar-refractivity contribution in [1.29, 1.82) is 0 Å². The van der Waals surface area contributed by atoms with Gasteiger partial charge in [-0.05, 0) is 24.5 Å². The third-order valence-electron chi connectivity index (χ3n) is 2.09. The van der Waals surface area contributed by atoms with Crippen molar-refractivity contribution >= 4 is 5.57 Å². The Morgan fingerprint density at radius 2 is 2.00 bits per heavy atom. The monoisotopic (exact) mass is 176 g/mol. The van der Waals surface area contributed by atoms with Crippen molar-refractivity contribution in [3.05, 3.63) is 42.0 Å². The average Bonchev–Trinajstić information content (AvgIpc) is 2.19. The molecule has 0 fully saturated rings. The van der Waals surface area contributed by atoms with Gasteiger partial charge in [0.15, 0.2) is 0 Å². The highest BCUT2D eigenvalue weighted by Crippen LogP contribution is 2.13. The summed E-state index contributed by atoms with van der Waals surface area (Å²) >= 11 is 0. The lowest BCUT2D eigenvalue weighted by Crippen LogP contribution is -1.99. The molecule has 1 nitrogen and oxygen atoms in total. The van der Waals surface area contributed by atoms with Gasteiger partial charge in [0.2, 0.25) is 0 Å². The zero-order valence-electron chi connectivity index (χ0n) is 8.20. The van der Waals surface area contributed by atoms with Crippen molar-refractivity contribution in [2.24, 2.45) is 0 Å². The van der Waals surface area contributed by atoms with Gasteiger partial charge in [-0.3, -0.25) is 0 Å². The molecule has 70 valence electrons. The summed E-state index contributed by atoms with van der Waals surface area (Å²) in [6, 6.07) is 10.1. The molecule has 0 heterocycles. The first-order valence-corrected chi connectivity index (χ1v) is 4.66. The lowest BCUT2D eigenvalue weighted by atomic mass is 10.1. The molecule has 0 spiro atoms. The Balaban J connectivity index is 2.79. The summed E-state index contributed by atoms with van der Waals surface area (Å²) in [4.78, 5) is 0. The maximum Gasteiger partial charge on any atom is 0.0724 e. The molecule has 0 radical (unpaired) electrons. The zero-order chi connectivity index (χ0) is 9.68. The van der Waals surface area contributed by atoms with E-state index in [0.29, 0.717) is 0 Å². The number of hydrogen-bond acceptors (Lipinski definition) is 1. The predicted octanol–water partition coefficient (Wildman–Crippen LogP) is 2.86. The minimum atomic E-state index is -0.319. The van der Waals surface area contributed by atoms with Crippen molar-refractivity contribution < 1.29 is 5.11 Å². The van der Waals surface area contributed by atoms with Gasteiger partial charge in [-0.1, -0.05) is 43.3 Å². The molecule has 13 heavy (non-hydrogen) atoms. The topological polar surface area (TPSA) is 20.2 Å². The highest BCUT2D eigenvalue weighted by atomic mass is 16.3. The van der Waals surface area contributed by atoms with Gasteiger partial charge in [-0.25, -0.2) is 0 Å². The van der Waals surface area contributed by atoms with Crippen LogP contribution in [0.4, 0.5) is 0 Å². The van der Waals surface area contributed by atoms with Gasteiger partial charge < -0.3 is 5.11 Å². The SMILES string of the molecule is CCC(O)C=C(C)c1ccccc1. The second-order valence-electron chi connectivity index (χ2n) is 3.19. The van der Waals surface area contributed by atoms with Crippen LogP contribution in [0.15, 0.2) is 36.4 Å². The highest BCUT2D eigenvalue weighted by molar-refractivity contribution is 5.63. The Morgan fingerprint density at radius 3 is 2.54 bits per heavy atom. The van der Waals surface area contributed by atoms with Crippen LogP contribution in [-0.4, -0.2) is 11.2 Å². The molecule has 0 bridgehead atoms. The number of rotatable bonds is 3. The molecule has 0 saturated carbocycles. The quantitative estimate of drug-likeness (QED) is 0.750. The minimum absolute atomic E-state index is 0.319. The normalized spacial score (nSPS) is 14.2. The average molecular weight is 176 g/mol. The first-order valence-electron chi connectivity index (χ1n) is 4.66. The van der Waals surface area contributed by atoms with Gasteiger partial charge in [-0.15, -0.1) is 0 Å². The van der Waals surface area contributed by atoms with E-state index in [9.17, 15) is 5.11 Å². The van der Waals surface area contributed by atoms with Crippen LogP contribution < -0.4 is 0 Å². The molecular formula is C12H16O. The summed E-state index contributed by atoms with van der Waals surface area (Å²) in [7, 11) is 0. The van der Waals surface area contributed by atoms with Crippen LogP contribution in [0, 0.1) is 0 Å². The molecule has 1 atom stereocenters. The molecule has 0 saturated heterocycles. The fraction of sp³-hybridized carbons (Fsp3) is 0.333. The zero-order valence-corrected chi connectivity index (χ0v) is 8.20. The summed E-state index contributed by atoms with van der Waals surface area (Å²) in [5, 5.41) is 9.41. The van der Waals surface area contributed by atoms with E-state index in [-0.39, 0.29) is 6.10 Å². The molecule has 1 rings (SSSR count). The van der Waals surface area contributed by atoms with Gasteiger partial charge in [0.25, 0.3) is 0 Å². The second-order valence-corrected chi connectivity index (χ2v) is 3.19. The van der Waals surface area contributed by atoms with Crippen LogP contribution in [0.25, 0.3) is 5.57 Å². The molecular weight excluding hydrogens is 160 g/mol. The van der Waals surface area contributed by atoms with Crippen LogP contribution in [-0.2, 0) is 0 Å². The minimum Gasteiger partial charge on any atom is -0.389 e. The summed E-state index contributed by atoms with van der Waals surface area (Å²) < 4.78 is 0. The number of hydrogen-bond donors (Lipinski definition) is 1. The van der Waals surface area contributed by atoms with Crippen LogP contribution in [0.2, 0.25) is 0 Å². The Bertz CT molecular complexity index is 274. The van der Waals surface area contributed by atoms with Crippen molar-refractivity contribution in [2.75, 3.05) is 0 Å². The number of aliphatic hydroxyl groups is 1. The maximum absolute atomic E-state index is 9.41. The largest absolute Gasteiger partial charge is 0.389 e. The maximum atomic E-state index is 9.41. The predicted molar refractivity (Wildman–Crippen MR) is 56.4 cm³/mol. The first-order chi connectivity index (χ1) is 6.24. The van der Waals surface area contributed by atoms with E-state index in [2.05, 4.69) is 0 Å². The third-order valence-corrected chi connectivity index (χ3v) is 2.09. The molecule has 1 heteroatoms. The van der Waals surface area contributed by atoms with Crippen molar-refractivity contribution in [3.63, 3.8) is 0 Å². The molecule has 0 amide bonds. The van der Waals surface area contributed by atoms with Crippen molar-refractivity contribution in [2.45, 2.75) is 26.4 Å². The Morgan fingerprint density at radius 1 is 1.38 bits per heavy atom. The van der Waals surface area contributed by atoms with Gasteiger partial charge in [-0.2, -0.15) is 0 Å². The molecule has 1 unspecified atom stereocenters. The van der Waals surface area contributed by atoms with Crippen molar-refractivity contribution in [3.8, 4) is 0 Å². The molecule has 1 N–H and O–H groups in total. The van der Waals surface area contributed by atoms with E-state index < -0.39 is 0 Å². The fourth-order valence-electron chi connectivity index (χ4n) is 1.20. The fourth-order valence-corrected chi connectivity index (χ4v) is 1.20. The highest BCUT2D eigenvalue weighted by Gasteiger charge is 1.98. The van der Waals surface area contributed by atoms with E-state index in [1.54, 1.807) is 0 Å². The van der Waals surface area contributed by atoms with Crippen molar-refractivity contribution in [1.82, 2.24) is 0 Å². The summed E-state index contributed by atoms with van der Waals surface area (Å²) in [6.07, 6.45) is 2.35. The van der Waals surface area contributed by atoms with Crippen LogP contribution in [0.1, 0.15) is 25.8 Å². The molecule has 0 aliphatic rings. The Hall–Kier alpha value is -1.08. The first kappa shape index (κ1) is 10.0. The molecule has 0 aliphatic heterocycles. The number of allylic oxidation sites excluding steroid dienone is 1. The van der Waals surface area contributed by atoms with E-state index in [1.165, 1.54) is 5.56 Å². The van der Waals surface area contributed by atoms with E-state index in [0.717, 1.165) is 12.0 Å². The van der Waals surface area contributed by atoms with E-state index in [1.807, 2.05) is 50.3 Å². The molecule has 1 aromatic carbocycles. The molecule has 0 aromatic heterocycles. The van der Waals surface area contributed by atoms with Crippen LogP contribution >= 0.6 is 0 Å². The third kappa shape index (κ3) is 3.03. The van der Waals surface area contributed by atoms with E-state index in [4.69, 9.17) is 0 Å². The smallest absolute Gasteiger partial charge is 0.0724 e. The van der Waals surface area contributed by atoms with Gasteiger partial charge in [0.1, 0.15) is 0 Å². The van der Waals surface area contributed by atoms with Crippen LogP contribution in [0.3, 0.4) is 0 Å². The van der Waals surface area contributed by atoms with E-state index >= 15 is 0 Å².